The van der Waals surface area contributed by atoms with E-state index in [1.807, 2.05) is 37.3 Å². The molecular weight excluding hydrogens is 288 g/mol. The number of benzene rings is 2. The van der Waals surface area contributed by atoms with Gasteiger partial charge in [0.15, 0.2) is 0 Å². The second-order valence-corrected chi connectivity index (χ2v) is 5.16. The highest BCUT2D eigenvalue weighted by atomic mass is 35.5. The molecule has 0 aromatic heterocycles. The predicted molar refractivity (Wildman–Crippen MR) is 83.1 cm³/mol. The predicted octanol–water partition coefficient (Wildman–Crippen LogP) is 4.15. The van der Waals surface area contributed by atoms with Gasteiger partial charge in [0.25, 0.3) is 0 Å². The Morgan fingerprint density at radius 3 is 2.57 bits per heavy atom. The van der Waals surface area contributed by atoms with Crippen molar-refractivity contribution < 1.29 is 14.6 Å². The summed E-state index contributed by atoms with van der Waals surface area (Å²) in [7, 11) is 0. The Balaban J connectivity index is 2.24. The lowest BCUT2D eigenvalue weighted by molar-refractivity contribution is -0.138. The first-order chi connectivity index (χ1) is 10.1. The normalized spacial score (nSPS) is 11.9. The number of rotatable bonds is 6. The van der Waals surface area contributed by atoms with Crippen LogP contribution in [-0.4, -0.2) is 17.7 Å². The summed E-state index contributed by atoms with van der Waals surface area (Å²) < 4.78 is 5.43. The van der Waals surface area contributed by atoms with Gasteiger partial charge in [0, 0.05) is 5.02 Å². The van der Waals surface area contributed by atoms with Crippen molar-refractivity contribution in [2.75, 3.05) is 6.61 Å². The molecule has 3 nitrogen and oxygen atoms in total. The van der Waals surface area contributed by atoms with Gasteiger partial charge >= 0.3 is 5.97 Å². The van der Waals surface area contributed by atoms with E-state index in [1.165, 1.54) is 0 Å². The van der Waals surface area contributed by atoms with Gasteiger partial charge in [0.05, 0.1) is 12.5 Å². The summed E-state index contributed by atoms with van der Waals surface area (Å²) in [5, 5.41) is 10.1. The molecule has 2 aromatic carbocycles. The van der Waals surface area contributed by atoms with Gasteiger partial charge in [-0.2, -0.15) is 0 Å². The fraction of sp³-hybridized carbons (Fsp3) is 0.235. The van der Waals surface area contributed by atoms with Crippen molar-refractivity contribution in [2.45, 2.75) is 19.3 Å². The minimum absolute atomic E-state index is 0.419. The topological polar surface area (TPSA) is 46.5 Å². The monoisotopic (exact) mass is 304 g/mol. The van der Waals surface area contributed by atoms with Gasteiger partial charge in [-0.3, -0.25) is 4.79 Å². The highest BCUT2D eigenvalue weighted by Crippen LogP contribution is 2.25. The van der Waals surface area contributed by atoms with E-state index in [4.69, 9.17) is 16.3 Å². The molecule has 0 amide bonds. The van der Waals surface area contributed by atoms with Crippen LogP contribution in [0.1, 0.15) is 24.0 Å². The van der Waals surface area contributed by atoms with Gasteiger partial charge in [-0.15, -0.1) is 0 Å². The van der Waals surface area contributed by atoms with Crippen LogP contribution in [0.2, 0.25) is 5.02 Å². The molecule has 0 saturated carbocycles. The van der Waals surface area contributed by atoms with Gasteiger partial charge < -0.3 is 9.84 Å². The summed E-state index contributed by atoms with van der Waals surface area (Å²) in [5.41, 5.74) is 1.68. The minimum Gasteiger partial charge on any atom is -0.494 e. The summed E-state index contributed by atoms with van der Waals surface area (Å²) in [6.45, 7) is 2.45. The van der Waals surface area contributed by atoms with Gasteiger partial charge in [-0.05, 0) is 48.7 Å². The number of ether oxygens (including phenoxy) is 1. The standard InChI is InChI=1S/C17H17ClO3/c1-2-21-15-5-3-4-13(11-15)16(17(19)20)10-12-6-8-14(18)9-7-12/h3-9,11,16H,2,10H2,1H3,(H,19,20). The molecule has 110 valence electrons. The molecule has 2 rings (SSSR count). The molecule has 2 aromatic rings. The molecular formula is C17H17ClO3. The Morgan fingerprint density at radius 1 is 1.24 bits per heavy atom. The van der Waals surface area contributed by atoms with Crippen molar-refractivity contribution in [2.24, 2.45) is 0 Å². The highest BCUT2D eigenvalue weighted by Gasteiger charge is 2.20. The average molecular weight is 305 g/mol. The summed E-state index contributed by atoms with van der Waals surface area (Å²) >= 11 is 5.85. The number of carboxylic acid groups (broad SMARTS) is 1. The number of hydrogen-bond donors (Lipinski definition) is 1. The summed E-state index contributed by atoms with van der Waals surface area (Å²) in [4.78, 5) is 11.6. The van der Waals surface area contributed by atoms with E-state index in [-0.39, 0.29) is 0 Å². The van der Waals surface area contributed by atoms with Crippen LogP contribution >= 0.6 is 11.6 Å². The molecule has 0 heterocycles. The molecule has 0 aliphatic rings. The lowest BCUT2D eigenvalue weighted by Gasteiger charge is -2.14. The quantitative estimate of drug-likeness (QED) is 0.872. The molecule has 1 N–H and O–H groups in total. The maximum absolute atomic E-state index is 11.6. The van der Waals surface area contributed by atoms with Crippen LogP contribution in [0.25, 0.3) is 0 Å². The number of halogens is 1. The largest absolute Gasteiger partial charge is 0.494 e. The van der Waals surface area contributed by atoms with Crippen molar-refractivity contribution in [3.05, 3.63) is 64.7 Å². The third-order valence-electron chi connectivity index (χ3n) is 3.22. The Bertz CT molecular complexity index is 608. The summed E-state index contributed by atoms with van der Waals surface area (Å²) in [6.07, 6.45) is 0.419. The summed E-state index contributed by atoms with van der Waals surface area (Å²) in [5.74, 6) is -0.762. The molecule has 0 saturated heterocycles. The molecule has 21 heavy (non-hydrogen) atoms. The van der Waals surface area contributed by atoms with E-state index in [2.05, 4.69) is 0 Å². The third-order valence-corrected chi connectivity index (χ3v) is 3.47. The second-order valence-electron chi connectivity index (χ2n) is 4.73. The van der Waals surface area contributed by atoms with Gasteiger partial charge in [-0.25, -0.2) is 0 Å². The Labute approximate surface area is 129 Å². The lowest BCUT2D eigenvalue weighted by Crippen LogP contribution is -2.14. The fourth-order valence-corrected chi connectivity index (χ4v) is 2.32. The van der Waals surface area contributed by atoms with Crippen LogP contribution < -0.4 is 4.74 Å². The van der Waals surface area contributed by atoms with Gasteiger partial charge in [-0.1, -0.05) is 35.9 Å². The molecule has 0 radical (unpaired) electrons. The van der Waals surface area contributed by atoms with E-state index >= 15 is 0 Å². The number of aliphatic carboxylic acids is 1. The Hall–Kier alpha value is -2.00. The maximum Gasteiger partial charge on any atom is 0.311 e. The molecule has 1 atom stereocenters. The van der Waals surface area contributed by atoms with Crippen molar-refractivity contribution in [3.8, 4) is 5.75 Å². The molecule has 1 unspecified atom stereocenters. The SMILES string of the molecule is CCOc1cccc(C(Cc2ccc(Cl)cc2)C(=O)O)c1. The molecule has 0 aliphatic carbocycles. The van der Waals surface area contributed by atoms with Crippen LogP contribution in [0.5, 0.6) is 5.75 Å². The van der Waals surface area contributed by atoms with Crippen molar-refractivity contribution in [1.29, 1.82) is 0 Å². The first-order valence-corrected chi connectivity index (χ1v) is 7.18. The maximum atomic E-state index is 11.6. The zero-order chi connectivity index (χ0) is 15.2. The number of hydrogen-bond acceptors (Lipinski definition) is 2. The number of carboxylic acids is 1. The molecule has 0 bridgehead atoms. The van der Waals surface area contributed by atoms with Gasteiger partial charge in [0.2, 0.25) is 0 Å². The van der Waals surface area contributed by atoms with Gasteiger partial charge in [0.1, 0.15) is 5.75 Å². The van der Waals surface area contributed by atoms with E-state index in [0.29, 0.717) is 23.8 Å². The zero-order valence-electron chi connectivity index (χ0n) is 11.8. The minimum atomic E-state index is -0.849. The van der Waals surface area contributed by atoms with E-state index in [9.17, 15) is 9.90 Å². The van der Waals surface area contributed by atoms with E-state index < -0.39 is 11.9 Å². The molecule has 4 heteroatoms. The van der Waals surface area contributed by atoms with Crippen molar-refractivity contribution in [3.63, 3.8) is 0 Å². The smallest absolute Gasteiger partial charge is 0.311 e. The van der Waals surface area contributed by atoms with Crippen LogP contribution in [-0.2, 0) is 11.2 Å². The van der Waals surface area contributed by atoms with Crippen molar-refractivity contribution >= 4 is 17.6 Å². The Morgan fingerprint density at radius 2 is 1.95 bits per heavy atom. The van der Waals surface area contributed by atoms with E-state index in [1.54, 1.807) is 18.2 Å². The third kappa shape index (κ3) is 4.23. The van der Waals surface area contributed by atoms with Crippen LogP contribution in [0, 0.1) is 0 Å². The first kappa shape index (κ1) is 15.4. The number of carbonyl (C=O) groups is 1. The highest BCUT2D eigenvalue weighted by molar-refractivity contribution is 6.30. The second kappa shape index (κ2) is 7.14. The van der Waals surface area contributed by atoms with Crippen LogP contribution in [0.15, 0.2) is 48.5 Å². The fourth-order valence-electron chi connectivity index (χ4n) is 2.19. The van der Waals surface area contributed by atoms with Crippen molar-refractivity contribution in [1.82, 2.24) is 0 Å². The molecule has 0 fully saturated rings. The average Bonchev–Trinajstić information content (AvgIpc) is 2.47. The summed E-state index contributed by atoms with van der Waals surface area (Å²) in [6, 6.07) is 14.5. The lowest BCUT2D eigenvalue weighted by atomic mass is 9.92. The van der Waals surface area contributed by atoms with Crippen LogP contribution in [0.4, 0.5) is 0 Å². The van der Waals surface area contributed by atoms with E-state index in [0.717, 1.165) is 11.1 Å². The molecule has 0 spiro atoms. The molecule has 0 aliphatic heterocycles. The zero-order valence-corrected chi connectivity index (χ0v) is 12.5. The Kier molecular flexibility index (Phi) is 5.23. The van der Waals surface area contributed by atoms with Crippen LogP contribution in [0.3, 0.4) is 0 Å². The first-order valence-electron chi connectivity index (χ1n) is 6.80.